The van der Waals surface area contributed by atoms with Crippen molar-refractivity contribution in [3.63, 3.8) is 0 Å². The number of halogens is 2. The highest BCUT2D eigenvalue weighted by molar-refractivity contribution is 7.98. The molecule has 98 valence electrons. The third-order valence-corrected chi connectivity index (χ3v) is 3.47. The van der Waals surface area contributed by atoms with Crippen molar-refractivity contribution in [3.8, 4) is 0 Å². The molecule has 5 heteroatoms. The predicted molar refractivity (Wildman–Crippen MR) is 69.3 cm³/mol. The van der Waals surface area contributed by atoms with Gasteiger partial charge < -0.3 is 5.11 Å². The van der Waals surface area contributed by atoms with Gasteiger partial charge in [-0.3, -0.25) is 0 Å². The number of carboxylic acid groups (broad SMARTS) is 1. The van der Waals surface area contributed by atoms with Gasteiger partial charge in [-0.05, 0) is 42.0 Å². The van der Waals surface area contributed by atoms with Crippen LogP contribution in [0.2, 0.25) is 0 Å². The van der Waals surface area contributed by atoms with Crippen LogP contribution in [0.15, 0.2) is 47.4 Å². The van der Waals surface area contributed by atoms with Crippen LogP contribution in [0.1, 0.15) is 15.9 Å². The average Bonchev–Trinajstić information content (AvgIpc) is 2.36. The summed E-state index contributed by atoms with van der Waals surface area (Å²) in [7, 11) is 0. The molecule has 0 aliphatic rings. The maximum Gasteiger partial charge on any atom is 0.335 e. The van der Waals surface area contributed by atoms with Crippen molar-refractivity contribution in [2.24, 2.45) is 0 Å². The summed E-state index contributed by atoms with van der Waals surface area (Å²) in [4.78, 5) is 11.5. The Morgan fingerprint density at radius 2 is 1.89 bits per heavy atom. The molecular weight excluding hydrogens is 270 g/mol. The molecule has 2 aromatic rings. The zero-order chi connectivity index (χ0) is 13.8. The van der Waals surface area contributed by atoms with Gasteiger partial charge in [0.2, 0.25) is 0 Å². The van der Waals surface area contributed by atoms with E-state index in [2.05, 4.69) is 0 Å². The van der Waals surface area contributed by atoms with Crippen molar-refractivity contribution >= 4 is 17.7 Å². The Balaban J connectivity index is 2.13. The average molecular weight is 280 g/mol. The first kappa shape index (κ1) is 13.5. The van der Waals surface area contributed by atoms with Crippen LogP contribution in [-0.4, -0.2) is 11.1 Å². The first-order valence-corrected chi connectivity index (χ1v) is 6.44. The van der Waals surface area contributed by atoms with Gasteiger partial charge in [-0.15, -0.1) is 11.8 Å². The van der Waals surface area contributed by atoms with E-state index in [0.29, 0.717) is 16.2 Å². The van der Waals surface area contributed by atoms with E-state index in [0.717, 1.165) is 6.07 Å². The van der Waals surface area contributed by atoms with E-state index in [1.807, 2.05) is 0 Å². The van der Waals surface area contributed by atoms with Crippen molar-refractivity contribution in [2.75, 3.05) is 0 Å². The second kappa shape index (κ2) is 5.84. The lowest BCUT2D eigenvalue weighted by Crippen LogP contribution is -1.98. The fraction of sp³-hybridized carbons (Fsp3) is 0.0714. The van der Waals surface area contributed by atoms with Gasteiger partial charge in [0.1, 0.15) is 11.6 Å². The highest BCUT2D eigenvalue weighted by atomic mass is 32.2. The molecular formula is C14H10F2O2S. The molecule has 1 N–H and O–H groups in total. The second-order valence-electron chi connectivity index (χ2n) is 3.90. The van der Waals surface area contributed by atoms with E-state index >= 15 is 0 Å². The van der Waals surface area contributed by atoms with Crippen molar-refractivity contribution in [3.05, 3.63) is 65.2 Å². The van der Waals surface area contributed by atoms with Crippen LogP contribution >= 0.6 is 11.8 Å². The standard InChI is InChI=1S/C14H10F2O2S/c15-11-2-1-3-13(7-11)19-8-9-4-10(14(17)18)6-12(16)5-9/h1-7H,8H2,(H,17,18). The molecule has 0 heterocycles. The molecule has 0 aliphatic heterocycles. The number of benzene rings is 2. The molecule has 0 fully saturated rings. The number of aromatic carboxylic acids is 1. The number of thioether (sulfide) groups is 1. The first-order chi connectivity index (χ1) is 9.04. The molecule has 0 radical (unpaired) electrons. The number of hydrogen-bond donors (Lipinski definition) is 1. The Bertz CT molecular complexity index is 614. The van der Waals surface area contributed by atoms with Gasteiger partial charge in [-0.1, -0.05) is 6.07 Å². The zero-order valence-electron chi connectivity index (χ0n) is 9.77. The van der Waals surface area contributed by atoms with Gasteiger partial charge in [-0.25, -0.2) is 13.6 Å². The number of carboxylic acids is 1. The third kappa shape index (κ3) is 3.79. The van der Waals surface area contributed by atoms with Gasteiger partial charge >= 0.3 is 5.97 Å². The Morgan fingerprint density at radius 1 is 1.11 bits per heavy atom. The number of rotatable bonds is 4. The monoisotopic (exact) mass is 280 g/mol. The summed E-state index contributed by atoms with van der Waals surface area (Å²) in [6.07, 6.45) is 0. The number of carbonyl (C=O) groups is 1. The summed E-state index contributed by atoms with van der Waals surface area (Å²) in [5, 5.41) is 8.83. The third-order valence-electron chi connectivity index (χ3n) is 2.41. The van der Waals surface area contributed by atoms with E-state index in [1.54, 1.807) is 12.1 Å². The van der Waals surface area contributed by atoms with Crippen LogP contribution in [0.5, 0.6) is 0 Å². The lowest BCUT2D eigenvalue weighted by molar-refractivity contribution is 0.0696. The van der Waals surface area contributed by atoms with E-state index < -0.39 is 11.8 Å². The van der Waals surface area contributed by atoms with Crippen molar-refractivity contribution in [1.82, 2.24) is 0 Å². The Morgan fingerprint density at radius 3 is 2.58 bits per heavy atom. The molecule has 0 amide bonds. The predicted octanol–water partition coefficient (Wildman–Crippen LogP) is 3.96. The van der Waals surface area contributed by atoms with Gasteiger partial charge in [0.25, 0.3) is 0 Å². The van der Waals surface area contributed by atoms with E-state index in [-0.39, 0.29) is 11.4 Å². The summed E-state index contributed by atoms with van der Waals surface area (Å²) in [5.41, 5.74) is 0.460. The molecule has 0 aliphatic carbocycles. The van der Waals surface area contributed by atoms with Crippen molar-refractivity contribution in [1.29, 1.82) is 0 Å². The van der Waals surface area contributed by atoms with Crippen LogP contribution in [0.4, 0.5) is 8.78 Å². The fourth-order valence-electron chi connectivity index (χ4n) is 1.58. The van der Waals surface area contributed by atoms with Gasteiger partial charge in [0, 0.05) is 10.6 Å². The summed E-state index contributed by atoms with van der Waals surface area (Å²) >= 11 is 1.32. The van der Waals surface area contributed by atoms with Gasteiger partial charge in [-0.2, -0.15) is 0 Å². The zero-order valence-corrected chi connectivity index (χ0v) is 10.6. The minimum absolute atomic E-state index is 0.0881. The number of hydrogen-bond acceptors (Lipinski definition) is 2. The highest BCUT2D eigenvalue weighted by Crippen LogP contribution is 2.24. The fourth-order valence-corrected chi connectivity index (χ4v) is 2.45. The van der Waals surface area contributed by atoms with E-state index in [9.17, 15) is 13.6 Å². The molecule has 19 heavy (non-hydrogen) atoms. The van der Waals surface area contributed by atoms with Crippen LogP contribution in [0.25, 0.3) is 0 Å². The molecule has 2 nitrogen and oxygen atoms in total. The summed E-state index contributed by atoms with van der Waals surface area (Å²) < 4.78 is 26.2. The van der Waals surface area contributed by atoms with Gasteiger partial charge in [0.05, 0.1) is 5.56 Å². The van der Waals surface area contributed by atoms with E-state index in [1.165, 1.54) is 36.0 Å². The molecule has 0 saturated heterocycles. The van der Waals surface area contributed by atoms with Gasteiger partial charge in [0.15, 0.2) is 0 Å². The molecule has 0 unspecified atom stereocenters. The Labute approximate surface area is 113 Å². The van der Waals surface area contributed by atoms with Crippen LogP contribution in [0, 0.1) is 11.6 Å². The molecule has 0 saturated carbocycles. The first-order valence-electron chi connectivity index (χ1n) is 5.46. The van der Waals surface area contributed by atoms with Crippen molar-refractivity contribution in [2.45, 2.75) is 10.6 Å². The molecule has 0 atom stereocenters. The largest absolute Gasteiger partial charge is 0.478 e. The van der Waals surface area contributed by atoms with Crippen LogP contribution in [0.3, 0.4) is 0 Å². The molecule has 2 aromatic carbocycles. The minimum atomic E-state index is -1.17. The SMILES string of the molecule is O=C(O)c1cc(F)cc(CSc2cccc(F)c2)c1. The second-order valence-corrected chi connectivity index (χ2v) is 4.95. The maximum absolute atomic E-state index is 13.2. The van der Waals surface area contributed by atoms with Crippen LogP contribution in [-0.2, 0) is 5.75 Å². The molecule has 0 bridgehead atoms. The molecule has 2 rings (SSSR count). The topological polar surface area (TPSA) is 37.3 Å². The smallest absolute Gasteiger partial charge is 0.335 e. The highest BCUT2D eigenvalue weighted by Gasteiger charge is 2.07. The minimum Gasteiger partial charge on any atom is -0.478 e. The molecule has 0 spiro atoms. The normalized spacial score (nSPS) is 10.4. The lowest BCUT2D eigenvalue weighted by atomic mass is 10.1. The summed E-state index contributed by atoms with van der Waals surface area (Å²) in [6, 6.07) is 9.71. The molecule has 0 aromatic heterocycles. The maximum atomic E-state index is 13.2. The Hall–Kier alpha value is -1.88. The quantitative estimate of drug-likeness (QED) is 0.861. The Kier molecular flexibility index (Phi) is 4.16. The lowest BCUT2D eigenvalue weighted by Gasteiger charge is -2.04. The summed E-state index contributed by atoms with van der Waals surface area (Å²) in [6.45, 7) is 0. The van der Waals surface area contributed by atoms with Crippen LogP contribution < -0.4 is 0 Å². The van der Waals surface area contributed by atoms with E-state index in [4.69, 9.17) is 5.11 Å². The summed E-state index contributed by atoms with van der Waals surface area (Å²) in [5.74, 6) is -1.72. The van der Waals surface area contributed by atoms with Crippen molar-refractivity contribution < 1.29 is 18.7 Å².